The van der Waals surface area contributed by atoms with Gasteiger partial charge in [0.25, 0.3) is 0 Å². The molecule has 0 radical (unpaired) electrons. The molecule has 0 aromatic heterocycles. The Kier molecular flexibility index (Phi) is 8.28. The zero-order valence-corrected chi connectivity index (χ0v) is 19.5. The molecule has 0 saturated carbocycles. The Morgan fingerprint density at radius 2 is 1.56 bits per heavy atom. The zero-order chi connectivity index (χ0) is 24.7. The van der Waals surface area contributed by atoms with E-state index in [4.69, 9.17) is 4.74 Å². The van der Waals surface area contributed by atoms with E-state index < -0.39 is 35.8 Å². The molecule has 34 heavy (non-hydrogen) atoms. The molecule has 0 heterocycles. The van der Waals surface area contributed by atoms with Crippen molar-refractivity contribution in [2.24, 2.45) is 5.41 Å². The van der Waals surface area contributed by atoms with Crippen molar-refractivity contribution < 1.29 is 29.3 Å². The number of carbonyl (C=O) groups is 3. The smallest absolute Gasteiger partial charge is 0.407 e. The lowest BCUT2D eigenvalue weighted by Gasteiger charge is -2.30. The van der Waals surface area contributed by atoms with E-state index in [0.717, 1.165) is 22.3 Å². The molecule has 2 amide bonds. The topological polar surface area (TPSA) is 125 Å². The second-order valence-electron chi connectivity index (χ2n) is 8.70. The second kappa shape index (κ2) is 11.2. The summed E-state index contributed by atoms with van der Waals surface area (Å²) in [5.41, 5.74) is 3.79. The maximum absolute atomic E-state index is 12.7. The largest absolute Gasteiger partial charge is 0.481 e. The summed E-state index contributed by atoms with van der Waals surface area (Å²) in [5.74, 6) is -2.00. The third-order valence-electron chi connectivity index (χ3n) is 6.80. The van der Waals surface area contributed by atoms with Crippen LogP contribution in [0.2, 0.25) is 0 Å². The van der Waals surface area contributed by atoms with Gasteiger partial charge in [0.15, 0.2) is 0 Å². The molecule has 0 spiro atoms. The predicted octanol–water partition coefficient (Wildman–Crippen LogP) is 3.28. The number of rotatable bonds is 11. The van der Waals surface area contributed by atoms with Crippen LogP contribution in [0.4, 0.5) is 4.79 Å². The highest BCUT2D eigenvalue weighted by Gasteiger charge is 2.31. The average Bonchev–Trinajstić information content (AvgIpc) is 3.17. The Labute approximate surface area is 199 Å². The lowest BCUT2D eigenvalue weighted by atomic mass is 9.83. The number of aliphatic hydroxyl groups excluding tert-OH is 1. The molecule has 3 rings (SSSR count). The number of benzene rings is 2. The van der Waals surface area contributed by atoms with Gasteiger partial charge in [-0.3, -0.25) is 9.59 Å². The SMILES string of the molecule is CCC(CC)(CO)CNC(=O)C(CC(=O)O)NC(=O)OCC1c2ccccc2-c2ccccc21. The van der Waals surface area contributed by atoms with Crippen molar-refractivity contribution in [3.05, 3.63) is 59.7 Å². The molecule has 0 fully saturated rings. The summed E-state index contributed by atoms with van der Waals surface area (Å²) in [5, 5.41) is 24.0. The maximum Gasteiger partial charge on any atom is 0.407 e. The lowest BCUT2D eigenvalue weighted by molar-refractivity contribution is -0.140. The fraction of sp³-hybridized carbons (Fsp3) is 0.423. The summed E-state index contributed by atoms with van der Waals surface area (Å²) in [6.45, 7) is 3.95. The van der Waals surface area contributed by atoms with Crippen LogP contribution >= 0.6 is 0 Å². The van der Waals surface area contributed by atoms with E-state index in [2.05, 4.69) is 10.6 Å². The summed E-state index contributed by atoms with van der Waals surface area (Å²) in [7, 11) is 0. The van der Waals surface area contributed by atoms with Gasteiger partial charge in [0.05, 0.1) is 13.0 Å². The number of nitrogens with one attached hydrogen (secondary N) is 2. The molecule has 0 saturated heterocycles. The first-order valence-electron chi connectivity index (χ1n) is 11.6. The van der Waals surface area contributed by atoms with Gasteiger partial charge in [0, 0.05) is 17.9 Å². The number of ether oxygens (including phenoxy) is 1. The van der Waals surface area contributed by atoms with Gasteiger partial charge in [-0.2, -0.15) is 0 Å². The number of fused-ring (bicyclic) bond motifs is 3. The van der Waals surface area contributed by atoms with Crippen molar-refractivity contribution >= 4 is 18.0 Å². The Hall–Kier alpha value is -3.39. The van der Waals surface area contributed by atoms with Gasteiger partial charge in [-0.05, 0) is 35.1 Å². The average molecular weight is 469 g/mol. The molecule has 0 bridgehead atoms. The minimum absolute atomic E-state index is 0.0561. The molecular weight excluding hydrogens is 436 g/mol. The van der Waals surface area contributed by atoms with E-state index >= 15 is 0 Å². The van der Waals surface area contributed by atoms with Crippen LogP contribution in [0.5, 0.6) is 0 Å². The number of alkyl carbamates (subject to hydrolysis) is 1. The molecule has 4 N–H and O–H groups in total. The van der Waals surface area contributed by atoms with Crippen LogP contribution in [-0.4, -0.2) is 54.0 Å². The molecule has 2 aromatic rings. The first kappa shape index (κ1) is 25.2. The number of hydrogen-bond donors (Lipinski definition) is 4. The van der Waals surface area contributed by atoms with Crippen LogP contribution in [0, 0.1) is 5.41 Å². The van der Waals surface area contributed by atoms with Crippen molar-refractivity contribution in [3.8, 4) is 11.1 Å². The quantitative estimate of drug-likeness (QED) is 0.401. The van der Waals surface area contributed by atoms with E-state index in [-0.39, 0.29) is 25.7 Å². The van der Waals surface area contributed by atoms with Gasteiger partial charge in [-0.25, -0.2) is 4.79 Å². The van der Waals surface area contributed by atoms with Crippen LogP contribution in [0.3, 0.4) is 0 Å². The van der Waals surface area contributed by atoms with Crippen LogP contribution in [0.15, 0.2) is 48.5 Å². The molecular formula is C26H32N2O6. The minimum Gasteiger partial charge on any atom is -0.481 e. The van der Waals surface area contributed by atoms with Crippen LogP contribution in [-0.2, 0) is 14.3 Å². The fourth-order valence-electron chi connectivity index (χ4n) is 4.34. The van der Waals surface area contributed by atoms with Crippen molar-refractivity contribution in [2.75, 3.05) is 19.8 Å². The first-order valence-corrected chi connectivity index (χ1v) is 11.6. The fourth-order valence-corrected chi connectivity index (χ4v) is 4.34. The number of carbonyl (C=O) groups excluding carboxylic acids is 2. The Balaban J connectivity index is 1.64. The summed E-state index contributed by atoms with van der Waals surface area (Å²) in [4.78, 5) is 36.5. The Morgan fingerprint density at radius 3 is 2.06 bits per heavy atom. The Bertz CT molecular complexity index is 980. The van der Waals surface area contributed by atoms with Crippen molar-refractivity contribution in [2.45, 2.75) is 45.1 Å². The van der Waals surface area contributed by atoms with Gasteiger partial charge in [-0.1, -0.05) is 62.4 Å². The third kappa shape index (κ3) is 5.56. The number of aliphatic hydroxyl groups is 1. The highest BCUT2D eigenvalue weighted by Crippen LogP contribution is 2.44. The second-order valence-corrected chi connectivity index (χ2v) is 8.70. The number of carboxylic acids is 1. The van der Waals surface area contributed by atoms with Gasteiger partial charge in [0.1, 0.15) is 12.6 Å². The third-order valence-corrected chi connectivity index (χ3v) is 6.80. The van der Waals surface area contributed by atoms with E-state index in [1.54, 1.807) is 0 Å². The standard InChI is InChI=1S/C26H32N2O6/c1-3-26(4-2,16-29)15-27-24(32)22(13-23(30)31)28-25(33)34-14-21-19-11-7-5-9-17(19)18-10-6-8-12-20(18)21/h5-12,21-22,29H,3-4,13-16H2,1-2H3,(H,27,32)(H,28,33)(H,30,31). The van der Waals surface area contributed by atoms with Crippen molar-refractivity contribution in [3.63, 3.8) is 0 Å². The predicted molar refractivity (Wildman–Crippen MR) is 127 cm³/mol. The molecule has 1 unspecified atom stereocenters. The summed E-state index contributed by atoms with van der Waals surface area (Å²) < 4.78 is 5.45. The summed E-state index contributed by atoms with van der Waals surface area (Å²) in [6, 6.07) is 14.5. The number of aliphatic carboxylic acids is 1. The van der Waals surface area contributed by atoms with Gasteiger partial charge in [0.2, 0.25) is 5.91 Å². The van der Waals surface area contributed by atoms with Gasteiger partial charge < -0.3 is 25.6 Å². The monoisotopic (exact) mass is 468 g/mol. The molecule has 0 aliphatic heterocycles. The van der Waals surface area contributed by atoms with Crippen molar-refractivity contribution in [1.82, 2.24) is 10.6 Å². The number of hydrogen-bond acceptors (Lipinski definition) is 5. The van der Waals surface area contributed by atoms with Crippen LogP contribution < -0.4 is 10.6 Å². The summed E-state index contributed by atoms with van der Waals surface area (Å²) in [6.07, 6.45) is -0.156. The molecule has 8 heteroatoms. The van der Waals surface area contributed by atoms with Crippen molar-refractivity contribution in [1.29, 1.82) is 0 Å². The minimum atomic E-state index is -1.29. The van der Waals surface area contributed by atoms with Crippen LogP contribution in [0.25, 0.3) is 11.1 Å². The molecule has 1 aliphatic carbocycles. The summed E-state index contributed by atoms with van der Waals surface area (Å²) >= 11 is 0. The molecule has 2 aromatic carbocycles. The van der Waals surface area contributed by atoms with Gasteiger partial charge >= 0.3 is 12.1 Å². The number of amides is 2. The highest BCUT2D eigenvalue weighted by atomic mass is 16.5. The van der Waals surface area contributed by atoms with Crippen LogP contribution in [0.1, 0.15) is 50.2 Å². The Morgan fingerprint density at radius 1 is 1.00 bits per heavy atom. The molecule has 182 valence electrons. The molecule has 8 nitrogen and oxygen atoms in total. The lowest BCUT2D eigenvalue weighted by Crippen LogP contribution is -2.50. The maximum atomic E-state index is 12.7. The highest BCUT2D eigenvalue weighted by molar-refractivity contribution is 5.89. The van der Waals surface area contributed by atoms with E-state index in [1.807, 2.05) is 62.4 Å². The van der Waals surface area contributed by atoms with E-state index in [0.29, 0.717) is 12.8 Å². The van der Waals surface area contributed by atoms with E-state index in [9.17, 15) is 24.6 Å². The van der Waals surface area contributed by atoms with E-state index in [1.165, 1.54) is 0 Å². The number of carboxylic acid groups (broad SMARTS) is 1. The molecule has 1 atom stereocenters. The first-order chi connectivity index (χ1) is 16.3. The molecule has 1 aliphatic rings. The van der Waals surface area contributed by atoms with Gasteiger partial charge in [-0.15, -0.1) is 0 Å². The zero-order valence-electron chi connectivity index (χ0n) is 19.5. The normalized spacial score (nSPS) is 13.5.